The van der Waals surface area contributed by atoms with Crippen LogP contribution in [-0.4, -0.2) is 19.7 Å². The average molecular weight is 1030 g/mol. The number of nitrogens with zero attached hydrogens (tertiary/aromatic N) is 6. The Kier molecular flexibility index (Phi) is 8.89. The summed E-state index contributed by atoms with van der Waals surface area (Å²) in [6.45, 7) is 4.33. The number of hydrogen-bond acceptors (Lipinski definition) is 5. The molecule has 0 saturated heterocycles. The van der Waals surface area contributed by atoms with Crippen molar-refractivity contribution in [1.82, 2.24) is 13.7 Å². The SMILES string of the molecule is CC1=CC2c3ccc4c(sc5ccccc54)c3N(c3c(-n4c5ccccc5c5ccccc54)c(C#N)c(-n4c5ccc(C)cc5c5ccc6c7ccccc7sc6c54)c(C#N)c3-n3c4ccccc4c4ccccc43)C2C=C1. The van der Waals surface area contributed by atoms with Gasteiger partial charge in [0.1, 0.15) is 23.3 Å². The van der Waals surface area contributed by atoms with Crippen molar-refractivity contribution in [2.24, 2.45) is 0 Å². The number of thiophene rings is 2. The lowest BCUT2D eigenvalue weighted by atomic mass is 9.88. The van der Waals surface area contributed by atoms with Crippen LogP contribution >= 0.6 is 22.7 Å². The van der Waals surface area contributed by atoms with Gasteiger partial charge in [-0.15, -0.1) is 22.7 Å². The summed E-state index contributed by atoms with van der Waals surface area (Å²) in [6.07, 6.45) is 7.04. The van der Waals surface area contributed by atoms with Gasteiger partial charge < -0.3 is 18.6 Å². The third-order valence-corrected chi connectivity index (χ3v) is 19.3. The molecule has 1 aliphatic heterocycles. The van der Waals surface area contributed by atoms with Gasteiger partial charge in [0, 0.05) is 69.2 Å². The monoisotopic (exact) mass is 1030 g/mol. The minimum atomic E-state index is -0.225. The number of aromatic nitrogens is 3. The molecule has 0 saturated carbocycles. The van der Waals surface area contributed by atoms with Crippen molar-refractivity contribution in [2.45, 2.75) is 25.8 Å². The predicted octanol–water partition coefficient (Wildman–Crippen LogP) is 18.9. The fourth-order valence-corrected chi connectivity index (χ4v) is 16.3. The number of para-hydroxylation sites is 4. The van der Waals surface area contributed by atoms with Gasteiger partial charge >= 0.3 is 0 Å². The summed E-state index contributed by atoms with van der Waals surface area (Å²) in [4.78, 5) is 2.56. The number of nitriles is 2. The first kappa shape index (κ1) is 43.5. The van der Waals surface area contributed by atoms with Gasteiger partial charge in [0.25, 0.3) is 0 Å². The van der Waals surface area contributed by atoms with Crippen LogP contribution in [0.3, 0.4) is 0 Å². The molecule has 10 aromatic carbocycles. The molecule has 0 amide bonds. The maximum absolute atomic E-state index is 12.8. The number of anilines is 2. The van der Waals surface area contributed by atoms with Gasteiger partial charge in [0.05, 0.1) is 77.0 Å². The molecule has 6 heterocycles. The third kappa shape index (κ3) is 5.62. The second kappa shape index (κ2) is 15.9. The summed E-state index contributed by atoms with van der Waals surface area (Å²) in [5, 5.41) is 36.8. The number of aryl methyl sites for hydroxylation is 1. The van der Waals surface area contributed by atoms with Crippen molar-refractivity contribution in [3.05, 3.63) is 234 Å². The first-order chi connectivity index (χ1) is 38.5. The number of rotatable bonds is 4. The van der Waals surface area contributed by atoms with Crippen molar-refractivity contribution in [1.29, 1.82) is 10.5 Å². The van der Waals surface area contributed by atoms with Crippen molar-refractivity contribution in [2.75, 3.05) is 4.90 Å². The highest BCUT2D eigenvalue weighted by atomic mass is 32.1. The van der Waals surface area contributed by atoms with Crippen LogP contribution < -0.4 is 4.90 Å². The largest absolute Gasteiger partial charge is 0.329 e. The van der Waals surface area contributed by atoms with E-state index in [1.54, 1.807) is 11.3 Å². The molecule has 2 aliphatic rings. The second-order valence-corrected chi connectivity index (χ2v) is 23.1. The highest BCUT2D eigenvalue weighted by Gasteiger charge is 2.45. The highest BCUT2D eigenvalue weighted by molar-refractivity contribution is 7.27. The lowest BCUT2D eigenvalue weighted by Gasteiger charge is -2.35. The zero-order valence-electron chi connectivity index (χ0n) is 42.3. The van der Waals surface area contributed by atoms with E-state index in [0.29, 0.717) is 16.8 Å². The fraction of sp³-hybridized carbons (Fsp3) is 0.0571. The molecular formula is C70H42N6S2. The summed E-state index contributed by atoms with van der Waals surface area (Å²) in [5.41, 5.74) is 14.0. The molecule has 8 heteroatoms. The molecule has 2 unspecified atom stereocenters. The van der Waals surface area contributed by atoms with Crippen molar-refractivity contribution < 1.29 is 0 Å². The molecule has 0 spiro atoms. The minimum absolute atomic E-state index is 0.0332. The van der Waals surface area contributed by atoms with Crippen molar-refractivity contribution in [3.8, 4) is 29.2 Å². The van der Waals surface area contributed by atoms with Gasteiger partial charge in [0.15, 0.2) is 0 Å². The van der Waals surface area contributed by atoms with E-state index in [-0.39, 0.29) is 12.0 Å². The molecular weight excluding hydrogens is 989 g/mol. The summed E-state index contributed by atoms with van der Waals surface area (Å²) < 4.78 is 11.7. The number of fused-ring (bicyclic) bond motifs is 20. The molecule has 15 aromatic rings. The maximum Gasteiger partial charge on any atom is 0.104 e. The van der Waals surface area contributed by atoms with Gasteiger partial charge in [-0.1, -0.05) is 169 Å². The van der Waals surface area contributed by atoms with Gasteiger partial charge in [-0.05, 0) is 67.9 Å². The Hall–Kier alpha value is -9.70. The van der Waals surface area contributed by atoms with Crippen LogP contribution in [-0.2, 0) is 0 Å². The average Bonchev–Trinajstić information content (AvgIpc) is 4.44. The van der Waals surface area contributed by atoms with Crippen LogP contribution in [0.1, 0.15) is 35.1 Å². The van der Waals surface area contributed by atoms with Gasteiger partial charge in [0.2, 0.25) is 0 Å². The van der Waals surface area contributed by atoms with E-state index in [1.807, 2.05) is 11.3 Å². The Labute approximate surface area is 455 Å². The van der Waals surface area contributed by atoms with E-state index >= 15 is 0 Å². The predicted molar refractivity (Wildman–Crippen MR) is 327 cm³/mol. The molecule has 78 heavy (non-hydrogen) atoms. The molecule has 0 radical (unpaired) electrons. The zero-order valence-corrected chi connectivity index (χ0v) is 43.9. The lowest BCUT2D eigenvalue weighted by molar-refractivity contribution is 0.736. The molecule has 0 fully saturated rings. The number of allylic oxidation sites excluding steroid dienone is 2. The first-order valence-corrected chi connectivity index (χ1v) is 28.1. The van der Waals surface area contributed by atoms with Crippen molar-refractivity contribution in [3.63, 3.8) is 0 Å². The van der Waals surface area contributed by atoms with Crippen LogP contribution in [0, 0.1) is 29.6 Å². The molecule has 364 valence electrons. The summed E-state index contributed by atoms with van der Waals surface area (Å²) >= 11 is 3.59. The summed E-state index contributed by atoms with van der Waals surface area (Å²) in [5.74, 6) is -0.0332. The molecule has 17 rings (SSSR count). The smallest absolute Gasteiger partial charge is 0.104 e. The summed E-state index contributed by atoms with van der Waals surface area (Å²) in [6, 6.07) is 73.3. The zero-order chi connectivity index (χ0) is 51.7. The van der Waals surface area contributed by atoms with E-state index in [0.717, 1.165) is 104 Å². The first-order valence-electron chi connectivity index (χ1n) is 26.5. The van der Waals surface area contributed by atoms with Crippen LogP contribution in [0.4, 0.5) is 11.4 Å². The number of benzene rings is 10. The second-order valence-electron chi connectivity index (χ2n) is 21.0. The van der Waals surface area contributed by atoms with Gasteiger partial charge in [-0.3, -0.25) is 0 Å². The Bertz CT molecular complexity index is 5110. The Balaban J connectivity index is 1.18. The lowest BCUT2D eigenvalue weighted by Crippen LogP contribution is -2.32. The topological polar surface area (TPSA) is 65.6 Å². The highest BCUT2D eigenvalue weighted by Crippen LogP contribution is 2.59. The molecule has 5 aromatic heterocycles. The van der Waals surface area contributed by atoms with Crippen LogP contribution in [0.5, 0.6) is 0 Å². The normalized spacial score (nSPS) is 15.3. The third-order valence-electron chi connectivity index (χ3n) is 16.9. The molecule has 6 nitrogen and oxygen atoms in total. The summed E-state index contributed by atoms with van der Waals surface area (Å²) in [7, 11) is 0. The molecule has 1 aliphatic carbocycles. The quantitative estimate of drug-likeness (QED) is 0.176. The Morgan fingerprint density at radius 2 is 0.885 bits per heavy atom. The van der Waals surface area contributed by atoms with E-state index in [9.17, 15) is 10.5 Å². The molecule has 0 N–H and O–H groups in total. The maximum atomic E-state index is 12.8. The van der Waals surface area contributed by atoms with E-state index in [2.05, 4.69) is 251 Å². The standard InChI is InChI=1S/C70H42N6S2/c1-39-27-33-59-51(35-39)47-29-31-49-45-19-7-13-25-61(45)77-69(49)66(47)75(59)63-53(37-71)64(73-55-21-9-3-15-41(55)42-16-4-10-22-56(42)73)68(65(54(63)38-72)74-57-23-11-5-17-43(57)44-18-6-12-24-58(44)74)76-60-34-28-40(2)36-52(60)48-30-32-50-46-20-8-14-26-62(46)78-70(50)67(48)76/h3-36,52,60H,1-2H3. The van der Waals surface area contributed by atoms with E-state index in [1.165, 1.54) is 41.4 Å². The van der Waals surface area contributed by atoms with Gasteiger partial charge in [-0.25, -0.2) is 0 Å². The van der Waals surface area contributed by atoms with E-state index < -0.39 is 0 Å². The van der Waals surface area contributed by atoms with Crippen molar-refractivity contribution >= 4 is 140 Å². The number of hydrogen-bond donors (Lipinski definition) is 0. The Morgan fingerprint density at radius 3 is 1.45 bits per heavy atom. The Morgan fingerprint density at radius 1 is 0.410 bits per heavy atom. The van der Waals surface area contributed by atoms with E-state index in [4.69, 9.17) is 0 Å². The molecule has 2 atom stereocenters. The van der Waals surface area contributed by atoms with Gasteiger partial charge in [-0.2, -0.15) is 10.5 Å². The van der Waals surface area contributed by atoms with Crippen LogP contribution in [0.15, 0.2) is 212 Å². The fourth-order valence-electron chi connectivity index (χ4n) is 13.8. The van der Waals surface area contributed by atoms with Crippen LogP contribution in [0.25, 0.3) is 123 Å². The minimum Gasteiger partial charge on any atom is -0.329 e. The van der Waals surface area contributed by atoms with Crippen LogP contribution in [0.2, 0.25) is 0 Å². The molecule has 0 bridgehead atoms.